The summed E-state index contributed by atoms with van der Waals surface area (Å²) in [7, 11) is 1.44. The van der Waals surface area contributed by atoms with Gasteiger partial charge in [0.15, 0.2) is 11.5 Å². The summed E-state index contributed by atoms with van der Waals surface area (Å²) in [6.45, 7) is 1.77. The van der Waals surface area contributed by atoms with E-state index in [0.717, 1.165) is 32.0 Å². The van der Waals surface area contributed by atoms with Crippen molar-refractivity contribution < 1.29 is 18.7 Å². The molecular formula is C27H28FN9O3. The van der Waals surface area contributed by atoms with Crippen molar-refractivity contribution in [2.45, 2.75) is 43.7 Å². The Morgan fingerprint density at radius 1 is 1.18 bits per heavy atom. The fourth-order valence-corrected chi connectivity index (χ4v) is 5.72. The van der Waals surface area contributed by atoms with Gasteiger partial charge in [0, 0.05) is 48.8 Å². The summed E-state index contributed by atoms with van der Waals surface area (Å²) in [5.74, 6) is -0.149. The minimum Gasteiger partial charge on any atom is -0.481 e. The number of methoxy groups -OCH3 is 1. The standard InChI is InChI=1S/C27H28FN9O3/c1-40-23-8-19(20(28)14-30-23)21-9-22(35-34-21)25(39)37-7-2-17(10-27(37)4-5-27)24(38)33-18-3-6-36(15-18)26-31-12-16(11-29)13-32-26/h8-9,12-14,17-18H,2-7,10,15H2,1H3,(H,33,38)(H,34,35)/t17-,18+/m0/s1. The Bertz CT molecular complexity index is 1480. The first-order chi connectivity index (χ1) is 19.4. The Labute approximate surface area is 229 Å². The van der Waals surface area contributed by atoms with Crippen molar-refractivity contribution in [2.75, 3.05) is 31.6 Å². The average molecular weight is 546 g/mol. The number of rotatable bonds is 6. The van der Waals surface area contributed by atoms with Crippen molar-refractivity contribution in [3.63, 3.8) is 0 Å². The van der Waals surface area contributed by atoms with Crippen molar-refractivity contribution in [3.8, 4) is 23.2 Å². The lowest BCUT2D eigenvalue weighted by Gasteiger charge is -2.39. The zero-order valence-electron chi connectivity index (χ0n) is 21.9. The molecule has 2 aliphatic heterocycles. The minimum absolute atomic E-state index is 0.00939. The second-order valence-electron chi connectivity index (χ2n) is 10.6. The molecule has 2 amide bonds. The van der Waals surface area contributed by atoms with Gasteiger partial charge in [-0.05, 0) is 38.2 Å². The van der Waals surface area contributed by atoms with E-state index in [-0.39, 0.29) is 46.5 Å². The maximum atomic E-state index is 14.4. The van der Waals surface area contributed by atoms with Gasteiger partial charge < -0.3 is 19.9 Å². The highest BCUT2D eigenvalue weighted by atomic mass is 19.1. The highest BCUT2D eigenvalue weighted by molar-refractivity contribution is 5.94. The zero-order valence-corrected chi connectivity index (χ0v) is 21.9. The predicted octanol–water partition coefficient (Wildman–Crippen LogP) is 2.06. The number of piperidine rings is 1. The third-order valence-corrected chi connectivity index (χ3v) is 8.05. The number of nitrogens with zero attached hydrogens (tertiary/aromatic N) is 7. The molecule has 5 heterocycles. The molecule has 2 N–H and O–H groups in total. The Morgan fingerprint density at radius 2 is 1.98 bits per heavy atom. The molecule has 40 heavy (non-hydrogen) atoms. The van der Waals surface area contributed by atoms with Gasteiger partial charge in [0.25, 0.3) is 5.91 Å². The lowest BCUT2D eigenvalue weighted by atomic mass is 9.87. The van der Waals surface area contributed by atoms with Crippen LogP contribution in [0, 0.1) is 23.1 Å². The summed E-state index contributed by atoms with van der Waals surface area (Å²) in [5.41, 5.74) is 0.835. The molecule has 206 valence electrons. The molecule has 2 saturated heterocycles. The maximum absolute atomic E-state index is 14.4. The van der Waals surface area contributed by atoms with Gasteiger partial charge in [-0.25, -0.2) is 19.3 Å². The summed E-state index contributed by atoms with van der Waals surface area (Å²) in [6, 6.07) is 4.98. The zero-order chi connectivity index (χ0) is 27.9. The van der Waals surface area contributed by atoms with Crippen LogP contribution in [0.25, 0.3) is 11.3 Å². The predicted molar refractivity (Wildman–Crippen MR) is 140 cm³/mol. The van der Waals surface area contributed by atoms with Gasteiger partial charge >= 0.3 is 0 Å². The number of aromatic amines is 1. The highest BCUT2D eigenvalue weighted by Crippen LogP contribution is 2.50. The van der Waals surface area contributed by atoms with Gasteiger partial charge in [-0.15, -0.1) is 0 Å². The molecule has 0 radical (unpaired) electrons. The lowest BCUT2D eigenvalue weighted by molar-refractivity contribution is -0.127. The molecule has 6 rings (SSSR count). The number of hydrogen-bond acceptors (Lipinski definition) is 9. The number of pyridine rings is 1. The number of nitriles is 1. The molecule has 2 atom stereocenters. The van der Waals surface area contributed by atoms with Crippen LogP contribution in [0.5, 0.6) is 5.88 Å². The van der Waals surface area contributed by atoms with Crippen LogP contribution in [0.2, 0.25) is 0 Å². The molecule has 3 aromatic rings. The number of likely N-dealkylation sites (tertiary alicyclic amines) is 1. The number of aromatic nitrogens is 5. The molecule has 0 unspecified atom stereocenters. The average Bonchev–Trinajstić information content (AvgIpc) is 3.35. The summed E-state index contributed by atoms with van der Waals surface area (Å²) < 4.78 is 19.5. The molecule has 1 spiro atoms. The summed E-state index contributed by atoms with van der Waals surface area (Å²) in [5, 5.41) is 19.1. The summed E-state index contributed by atoms with van der Waals surface area (Å²) >= 11 is 0. The van der Waals surface area contributed by atoms with Crippen LogP contribution in [0.4, 0.5) is 10.3 Å². The van der Waals surface area contributed by atoms with E-state index >= 15 is 0 Å². The Morgan fingerprint density at radius 3 is 2.70 bits per heavy atom. The molecule has 3 aromatic heterocycles. The first-order valence-electron chi connectivity index (χ1n) is 13.2. The number of halogens is 1. The Kier molecular flexibility index (Phi) is 6.53. The van der Waals surface area contributed by atoms with Crippen molar-refractivity contribution in [2.24, 2.45) is 5.92 Å². The third kappa shape index (κ3) is 4.81. The molecule has 3 aliphatic rings. The van der Waals surface area contributed by atoms with E-state index in [0.29, 0.717) is 43.1 Å². The topological polar surface area (TPSA) is 153 Å². The van der Waals surface area contributed by atoms with Crippen LogP contribution >= 0.6 is 0 Å². The second kappa shape index (κ2) is 10.2. The van der Waals surface area contributed by atoms with E-state index in [9.17, 15) is 14.0 Å². The fraction of sp³-hybridized carbons (Fsp3) is 0.444. The van der Waals surface area contributed by atoms with Crippen molar-refractivity contribution >= 4 is 17.8 Å². The molecule has 13 heteroatoms. The fourth-order valence-electron chi connectivity index (χ4n) is 5.72. The van der Waals surface area contributed by atoms with E-state index in [2.05, 4.69) is 30.5 Å². The Balaban J connectivity index is 1.07. The summed E-state index contributed by atoms with van der Waals surface area (Å²) in [6.07, 6.45) is 7.67. The number of nitrogens with one attached hydrogen (secondary N) is 2. The van der Waals surface area contributed by atoms with Gasteiger partial charge in [0.05, 0.1) is 37.0 Å². The van der Waals surface area contributed by atoms with Crippen LogP contribution in [-0.4, -0.2) is 80.2 Å². The van der Waals surface area contributed by atoms with Gasteiger partial charge in [-0.1, -0.05) is 0 Å². The lowest BCUT2D eigenvalue weighted by Crippen LogP contribution is -2.52. The molecule has 0 aromatic carbocycles. The van der Waals surface area contributed by atoms with Crippen molar-refractivity contribution in [1.29, 1.82) is 5.26 Å². The second-order valence-corrected chi connectivity index (χ2v) is 10.6. The van der Waals surface area contributed by atoms with E-state index in [4.69, 9.17) is 10.00 Å². The number of amides is 2. The number of hydrogen-bond donors (Lipinski definition) is 2. The molecule has 12 nitrogen and oxygen atoms in total. The Hall–Kier alpha value is -4.60. The number of carbonyl (C=O) groups is 2. The van der Waals surface area contributed by atoms with Crippen LogP contribution in [0.3, 0.4) is 0 Å². The number of carbonyl (C=O) groups excluding carboxylic acids is 2. The van der Waals surface area contributed by atoms with E-state index < -0.39 is 5.82 Å². The summed E-state index contributed by atoms with van der Waals surface area (Å²) in [4.78, 5) is 42.9. The quantitative estimate of drug-likeness (QED) is 0.474. The van der Waals surface area contributed by atoms with E-state index in [1.807, 2.05) is 15.9 Å². The van der Waals surface area contributed by atoms with Gasteiger partial charge in [-0.2, -0.15) is 10.4 Å². The van der Waals surface area contributed by atoms with Crippen LogP contribution in [0.1, 0.15) is 48.2 Å². The number of ether oxygens (including phenoxy) is 1. The number of H-pyrrole nitrogens is 1. The maximum Gasteiger partial charge on any atom is 0.274 e. The van der Waals surface area contributed by atoms with Crippen LogP contribution in [-0.2, 0) is 4.79 Å². The van der Waals surface area contributed by atoms with Gasteiger partial charge in [0.2, 0.25) is 17.7 Å². The first kappa shape index (κ1) is 25.7. The molecule has 0 bridgehead atoms. The molecule has 1 aliphatic carbocycles. The van der Waals surface area contributed by atoms with Crippen molar-refractivity contribution in [1.82, 2.24) is 35.4 Å². The minimum atomic E-state index is -0.552. The van der Waals surface area contributed by atoms with Gasteiger partial charge in [-0.3, -0.25) is 14.7 Å². The number of anilines is 1. The third-order valence-electron chi connectivity index (χ3n) is 8.05. The molecule has 1 saturated carbocycles. The first-order valence-corrected chi connectivity index (χ1v) is 13.2. The van der Waals surface area contributed by atoms with Crippen LogP contribution in [0.15, 0.2) is 30.7 Å². The van der Waals surface area contributed by atoms with Crippen LogP contribution < -0.4 is 15.0 Å². The normalized spacial score (nSPS) is 21.2. The molecule has 3 fully saturated rings. The smallest absolute Gasteiger partial charge is 0.274 e. The van der Waals surface area contributed by atoms with E-state index in [1.54, 1.807) is 6.07 Å². The highest BCUT2D eigenvalue weighted by Gasteiger charge is 2.55. The van der Waals surface area contributed by atoms with Crippen molar-refractivity contribution in [3.05, 3.63) is 47.8 Å². The van der Waals surface area contributed by atoms with Gasteiger partial charge in [0.1, 0.15) is 6.07 Å². The largest absolute Gasteiger partial charge is 0.481 e. The monoisotopic (exact) mass is 545 g/mol. The SMILES string of the molecule is COc1cc(-c2cc(C(=O)N3CC[C@H](C(=O)N[C@@H]4CCN(c5ncc(C#N)cn5)C4)CC34CC4)n[nH]2)c(F)cn1. The van der Waals surface area contributed by atoms with E-state index in [1.165, 1.54) is 25.6 Å². The molecular weight excluding hydrogens is 517 g/mol.